The fourth-order valence-electron chi connectivity index (χ4n) is 7.68. The Labute approximate surface area is 174 Å². The van der Waals surface area contributed by atoms with E-state index in [1.807, 2.05) is 0 Å². The summed E-state index contributed by atoms with van der Waals surface area (Å²) in [5.41, 5.74) is 0.782. The van der Waals surface area contributed by atoms with Crippen molar-refractivity contribution in [3.05, 3.63) is 11.6 Å². The topological polar surface area (TPSA) is 52.6 Å². The van der Waals surface area contributed by atoms with Crippen molar-refractivity contribution in [2.24, 2.45) is 28.6 Å². The van der Waals surface area contributed by atoms with Crippen LogP contribution in [-0.4, -0.2) is 23.6 Å². The van der Waals surface area contributed by atoms with E-state index in [1.54, 1.807) is 0 Å². The van der Waals surface area contributed by atoms with Crippen molar-refractivity contribution in [3.63, 3.8) is 0 Å². The van der Waals surface area contributed by atoms with Gasteiger partial charge in [-0.2, -0.15) is 0 Å². The minimum Gasteiger partial charge on any atom is -0.458 e. The minimum absolute atomic E-state index is 0.0643. The molecular weight excluding hydrogens is 364 g/mol. The van der Waals surface area contributed by atoms with Gasteiger partial charge in [-0.1, -0.05) is 25.3 Å². The number of terminal acetylenes is 1. The Kier molecular flexibility index (Phi) is 4.88. The van der Waals surface area contributed by atoms with Crippen LogP contribution >= 0.6 is 0 Å². The molecule has 0 heterocycles. The van der Waals surface area contributed by atoms with E-state index < -0.39 is 5.60 Å². The van der Waals surface area contributed by atoms with Crippen molar-refractivity contribution in [1.29, 1.82) is 0 Å². The summed E-state index contributed by atoms with van der Waals surface area (Å²) in [5.74, 6) is 4.22. The molecule has 0 N–H and O–H groups in total. The zero-order valence-electron chi connectivity index (χ0n) is 18.3. The maximum Gasteiger partial charge on any atom is 0.304 e. The molecule has 4 aliphatic carbocycles. The fraction of sp³-hybridized carbons (Fsp3) is 0.760. The van der Waals surface area contributed by atoms with Gasteiger partial charge in [-0.15, -0.1) is 6.42 Å². The second kappa shape index (κ2) is 6.89. The van der Waals surface area contributed by atoms with Crippen LogP contribution in [0.4, 0.5) is 0 Å². The first-order chi connectivity index (χ1) is 13.6. The maximum absolute atomic E-state index is 11.8. The van der Waals surface area contributed by atoms with Gasteiger partial charge in [0.25, 0.3) is 0 Å². The molecule has 3 fully saturated rings. The quantitative estimate of drug-likeness (QED) is 0.380. The highest BCUT2D eigenvalue weighted by atomic mass is 16.6. The largest absolute Gasteiger partial charge is 0.458 e. The van der Waals surface area contributed by atoms with E-state index >= 15 is 0 Å². The summed E-state index contributed by atoms with van der Waals surface area (Å²) < 4.78 is 11.3. The first-order valence-electron chi connectivity index (χ1n) is 11.2. The number of esters is 2. The van der Waals surface area contributed by atoms with Gasteiger partial charge in [-0.25, -0.2) is 0 Å². The summed E-state index contributed by atoms with van der Waals surface area (Å²) in [6.45, 7) is 7.67. The predicted octanol–water partition coefficient (Wildman–Crippen LogP) is 4.82. The lowest BCUT2D eigenvalue weighted by molar-refractivity contribution is -0.169. The molecule has 0 spiro atoms. The summed E-state index contributed by atoms with van der Waals surface area (Å²) in [6.07, 6.45) is 16.3. The van der Waals surface area contributed by atoms with Crippen LogP contribution in [0.15, 0.2) is 11.6 Å². The van der Waals surface area contributed by atoms with E-state index in [1.165, 1.54) is 19.4 Å². The molecule has 4 nitrogen and oxygen atoms in total. The second-order valence-electron chi connectivity index (χ2n) is 10.3. The predicted molar refractivity (Wildman–Crippen MR) is 111 cm³/mol. The summed E-state index contributed by atoms with van der Waals surface area (Å²) in [5, 5.41) is 0. The Morgan fingerprint density at radius 3 is 2.41 bits per heavy atom. The number of rotatable bonds is 2. The fourth-order valence-corrected chi connectivity index (χ4v) is 7.68. The van der Waals surface area contributed by atoms with E-state index in [0.29, 0.717) is 17.8 Å². The summed E-state index contributed by atoms with van der Waals surface area (Å²) >= 11 is 0. The maximum atomic E-state index is 11.8. The molecule has 4 aliphatic rings. The molecule has 158 valence electrons. The molecular formula is C25H34O4. The van der Waals surface area contributed by atoms with Gasteiger partial charge in [-0.05, 0) is 80.6 Å². The van der Waals surface area contributed by atoms with Crippen LogP contribution < -0.4 is 0 Å². The Morgan fingerprint density at radius 2 is 1.76 bits per heavy atom. The smallest absolute Gasteiger partial charge is 0.304 e. The van der Waals surface area contributed by atoms with Crippen molar-refractivity contribution in [2.45, 2.75) is 90.8 Å². The minimum atomic E-state index is -0.752. The van der Waals surface area contributed by atoms with Crippen LogP contribution in [0.5, 0.6) is 0 Å². The standard InChI is InChI=1S/C25H34O4/c1-6-25(29-17(3)27)14-11-22-20-8-7-18-15-19(28-16(2)26)9-12-23(18,4)21(20)10-13-24(22,25)5/h1,15,19-22H,7-14H2,2-5H3/t19-,20+,21-,22-,23-,24-,25-/m0/s1. The summed E-state index contributed by atoms with van der Waals surface area (Å²) in [7, 11) is 0. The number of ether oxygens (including phenoxy) is 2. The Balaban J connectivity index is 1.62. The molecule has 0 bridgehead atoms. The van der Waals surface area contributed by atoms with Crippen molar-refractivity contribution in [2.75, 3.05) is 0 Å². The molecule has 0 amide bonds. The third-order valence-electron chi connectivity index (χ3n) is 9.06. The monoisotopic (exact) mass is 398 g/mol. The van der Waals surface area contributed by atoms with Gasteiger partial charge < -0.3 is 9.47 Å². The third-order valence-corrected chi connectivity index (χ3v) is 9.06. The van der Waals surface area contributed by atoms with Gasteiger partial charge in [0.15, 0.2) is 5.60 Å². The Morgan fingerprint density at radius 1 is 1.03 bits per heavy atom. The lowest BCUT2D eigenvalue weighted by Gasteiger charge is -2.59. The van der Waals surface area contributed by atoms with Crippen LogP contribution in [0.3, 0.4) is 0 Å². The molecule has 4 rings (SSSR count). The van der Waals surface area contributed by atoms with Crippen LogP contribution in [0.1, 0.15) is 79.1 Å². The zero-order valence-corrected chi connectivity index (χ0v) is 18.3. The third kappa shape index (κ3) is 2.95. The molecule has 0 aliphatic heterocycles. The number of fused-ring (bicyclic) bond motifs is 5. The second-order valence-corrected chi connectivity index (χ2v) is 10.3. The van der Waals surface area contributed by atoms with E-state index in [-0.39, 0.29) is 28.9 Å². The highest BCUT2D eigenvalue weighted by Crippen LogP contribution is 2.68. The van der Waals surface area contributed by atoms with Gasteiger partial charge >= 0.3 is 11.9 Å². The van der Waals surface area contributed by atoms with Crippen molar-refractivity contribution < 1.29 is 19.1 Å². The van der Waals surface area contributed by atoms with Crippen LogP contribution in [0.2, 0.25) is 0 Å². The zero-order chi connectivity index (χ0) is 21.0. The highest BCUT2D eigenvalue weighted by molar-refractivity contribution is 5.67. The van der Waals surface area contributed by atoms with E-state index in [2.05, 4.69) is 25.8 Å². The molecule has 29 heavy (non-hydrogen) atoms. The highest BCUT2D eigenvalue weighted by Gasteiger charge is 2.65. The lowest BCUT2D eigenvalue weighted by Crippen LogP contribution is -2.55. The SMILES string of the molecule is C#C[C@]1(OC(C)=O)CC[C@H]2[C@@H]3CCC4=C[C@@H](OC(C)=O)CC[C@]4(C)[C@H]3CC[C@@]21C. The van der Waals surface area contributed by atoms with Crippen molar-refractivity contribution in [1.82, 2.24) is 0 Å². The number of allylic oxidation sites excluding steroid dienone is 1. The number of hydrogen-bond acceptors (Lipinski definition) is 4. The van der Waals surface area contributed by atoms with Crippen LogP contribution in [0, 0.1) is 40.9 Å². The van der Waals surface area contributed by atoms with Gasteiger partial charge in [0, 0.05) is 19.3 Å². The van der Waals surface area contributed by atoms with Gasteiger partial charge in [-0.3, -0.25) is 9.59 Å². The van der Waals surface area contributed by atoms with Crippen molar-refractivity contribution >= 4 is 11.9 Å². The molecule has 7 atom stereocenters. The Hall–Kier alpha value is -1.76. The van der Waals surface area contributed by atoms with E-state index in [0.717, 1.165) is 51.4 Å². The first kappa shape index (κ1) is 20.5. The first-order valence-corrected chi connectivity index (χ1v) is 11.2. The average Bonchev–Trinajstić information content (AvgIpc) is 2.94. The lowest BCUT2D eigenvalue weighted by atomic mass is 9.46. The Bertz CT molecular complexity index is 791. The molecule has 3 saturated carbocycles. The summed E-state index contributed by atoms with van der Waals surface area (Å²) in [4.78, 5) is 23.3. The molecule has 0 aromatic carbocycles. The number of carbonyl (C=O) groups is 2. The van der Waals surface area contributed by atoms with E-state index in [4.69, 9.17) is 15.9 Å². The normalized spacial score (nSPS) is 45.7. The molecule has 0 unspecified atom stereocenters. The van der Waals surface area contributed by atoms with Gasteiger partial charge in [0.05, 0.1) is 0 Å². The van der Waals surface area contributed by atoms with Crippen LogP contribution in [0.25, 0.3) is 0 Å². The molecule has 0 aromatic heterocycles. The number of carbonyl (C=O) groups excluding carboxylic acids is 2. The van der Waals surface area contributed by atoms with Crippen molar-refractivity contribution in [3.8, 4) is 12.3 Å². The molecule has 0 saturated heterocycles. The average molecular weight is 399 g/mol. The van der Waals surface area contributed by atoms with Gasteiger partial charge in [0.2, 0.25) is 0 Å². The number of hydrogen-bond donors (Lipinski definition) is 0. The van der Waals surface area contributed by atoms with E-state index in [9.17, 15) is 9.59 Å². The molecule has 0 aromatic rings. The molecule has 0 radical (unpaired) electrons. The summed E-state index contributed by atoms with van der Waals surface area (Å²) in [6, 6.07) is 0. The van der Waals surface area contributed by atoms with Crippen LogP contribution in [-0.2, 0) is 19.1 Å². The van der Waals surface area contributed by atoms with Gasteiger partial charge in [0.1, 0.15) is 6.10 Å². The molecule has 4 heteroatoms.